The maximum atomic E-state index is 11.7. The van der Waals surface area contributed by atoms with Crippen molar-refractivity contribution in [3.05, 3.63) is 54.1 Å². The van der Waals surface area contributed by atoms with Crippen LogP contribution in [-0.2, 0) is 13.1 Å². The number of urea groups is 1. The Morgan fingerprint density at radius 2 is 1.92 bits per heavy atom. The molecule has 0 aliphatic rings. The van der Waals surface area contributed by atoms with Crippen molar-refractivity contribution in [2.75, 3.05) is 6.54 Å². The highest BCUT2D eigenvalue weighted by Crippen LogP contribution is 2.06. The summed E-state index contributed by atoms with van der Waals surface area (Å²) in [6.45, 7) is 5.59. The zero-order valence-electron chi connectivity index (χ0n) is 14.3. The van der Waals surface area contributed by atoms with Crippen molar-refractivity contribution in [2.24, 2.45) is 5.92 Å². The van der Waals surface area contributed by atoms with Crippen LogP contribution in [0.15, 0.2) is 43.0 Å². The Labute approximate surface area is 142 Å². The number of carbonyl (C=O) groups excluding carboxylic acids is 1. The quantitative estimate of drug-likeness (QED) is 0.694. The molecule has 6 heteroatoms. The number of imidazole rings is 1. The van der Waals surface area contributed by atoms with E-state index < -0.39 is 6.10 Å². The van der Waals surface area contributed by atoms with Gasteiger partial charge in [-0.1, -0.05) is 38.1 Å². The summed E-state index contributed by atoms with van der Waals surface area (Å²) in [4.78, 5) is 15.8. The molecule has 1 unspecified atom stereocenters. The van der Waals surface area contributed by atoms with E-state index in [1.165, 1.54) is 5.56 Å². The fraction of sp³-hybridized carbons (Fsp3) is 0.444. The normalized spacial score (nSPS) is 12.2. The molecule has 0 fully saturated rings. The first-order valence-corrected chi connectivity index (χ1v) is 8.26. The van der Waals surface area contributed by atoms with Gasteiger partial charge in [0, 0.05) is 32.0 Å². The molecule has 1 aromatic carbocycles. The van der Waals surface area contributed by atoms with Crippen molar-refractivity contribution in [2.45, 2.75) is 39.5 Å². The summed E-state index contributed by atoms with van der Waals surface area (Å²) in [6, 6.07) is 7.82. The average molecular weight is 330 g/mol. The number of rotatable bonds is 8. The number of hydrogen-bond donors (Lipinski definition) is 3. The van der Waals surface area contributed by atoms with Crippen LogP contribution in [0, 0.1) is 5.92 Å². The number of benzene rings is 1. The number of aromatic nitrogens is 2. The van der Waals surface area contributed by atoms with Crippen LogP contribution in [0.3, 0.4) is 0 Å². The fourth-order valence-corrected chi connectivity index (χ4v) is 2.44. The van der Waals surface area contributed by atoms with Gasteiger partial charge in [0.2, 0.25) is 0 Å². The van der Waals surface area contributed by atoms with E-state index in [9.17, 15) is 9.90 Å². The van der Waals surface area contributed by atoms with Crippen molar-refractivity contribution < 1.29 is 9.90 Å². The number of amides is 2. The zero-order chi connectivity index (χ0) is 17.4. The second-order valence-corrected chi connectivity index (χ2v) is 6.40. The van der Waals surface area contributed by atoms with Crippen LogP contribution in [0.1, 0.15) is 31.4 Å². The molecule has 0 aliphatic carbocycles. The molecule has 0 saturated carbocycles. The van der Waals surface area contributed by atoms with E-state index in [2.05, 4.69) is 15.6 Å². The Hall–Kier alpha value is -2.34. The van der Waals surface area contributed by atoms with E-state index in [4.69, 9.17) is 0 Å². The molecule has 0 bridgehead atoms. The lowest BCUT2D eigenvalue weighted by Gasteiger charge is -2.14. The highest BCUT2D eigenvalue weighted by molar-refractivity contribution is 5.73. The van der Waals surface area contributed by atoms with Crippen LogP contribution >= 0.6 is 0 Å². The third-order valence-electron chi connectivity index (χ3n) is 3.64. The molecule has 1 atom stereocenters. The van der Waals surface area contributed by atoms with E-state index in [1.54, 1.807) is 12.5 Å². The molecular formula is C18H26N4O2. The predicted octanol–water partition coefficient (Wildman–Crippen LogP) is 2.14. The standard InChI is InChI=1S/C18H26N4O2/c1-14(2)9-17(23)11-21-18(24)20-10-15-3-5-16(6-4-15)12-22-8-7-19-13-22/h3-8,13-14,17,23H,9-12H2,1-2H3,(H2,20,21,24). The van der Waals surface area contributed by atoms with Gasteiger partial charge in [-0.25, -0.2) is 9.78 Å². The first-order chi connectivity index (χ1) is 11.5. The van der Waals surface area contributed by atoms with Crippen LogP contribution < -0.4 is 10.6 Å². The Bertz CT molecular complexity index is 608. The second kappa shape index (κ2) is 9.08. The third-order valence-corrected chi connectivity index (χ3v) is 3.64. The van der Waals surface area contributed by atoms with Crippen molar-refractivity contribution in [3.63, 3.8) is 0 Å². The topological polar surface area (TPSA) is 79.2 Å². The molecule has 3 N–H and O–H groups in total. The first kappa shape index (κ1) is 18.0. The van der Waals surface area contributed by atoms with Gasteiger partial charge in [-0.15, -0.1) is 0 Å². The van der Waals surface area contributed by atoms with Crippen LogP contribution in [0.4, 0.5) is 4.79 Å². The molecule has 1 heterocycles. The molecule has 6 nitrogen and oxygen atoms in total. The van der Waals surface area contributed by atoms with E-state index in [1.807, 2.05) is 48.9 Å². The maximum absolute atomic E-state index is 11.7. The number of nitrogens with one attached hydrogen (secondary N) is 2. The second-order valence-electron chi connectivity index (χ2n) is 6.40. The number of aliphatic hydroxyl groups is 1. The smallest absolute Gasteiger partial charge is 0.315 e. The van der Waals surface area contributed by atoms with Crippen LogP contribution in [0.2, 0.25) is 0 Å². The monoisotopic (exact) mass is 330 g/mol. The summed E-state index contributed by atoms with van der Waals surface area (Å²) in [5.74, 6) is 0.408. The SMILES string of the molecule is CC(C)CC(O)CNC(=O)NCc1ccc(Cn2ccnc2)cc1. The highest BCUT2D eigenvalue weighted by atomic mass is 16.3. The molecule has 0 aliphatic heterocycles. The molecule has 2 aromatic rings. The average Bonchev–Trinajstić information content (AvgIpc) is 3.04. The lowest BCUT2D eigenvalue weighted by Crippen LogP contribution is -2.39. The van der Waals surface area contributed by atoms with E-state index >= 15 is 0 Å². The molecule has 0 radical (unpaired) electrons. The molecule has 2 rings (SSSR count). The van der Waals surface area contributed by atoms with Gasteiger partial charge in [0.05, 0.1) is 12.4 Å². The van der Waals surface area contributed by atoms with Gasteiger partial charge in [-0.3, -0.25) is 0 Å². The molecular weight excluding hydrogens is 304 g/mol. The van der Waals surface area contributed by atoms with Gasteiger partial charge >= 0.3 is 6.03 Å². The summed E-state index contributed by atoms with van der Waals surface area (Å²) in [5.41, 5.74) is 2.21. The molecule has 24 heavy (non-hydrogen) atoms. The Kier molecular flexibility index (Phi) is 6.81. The largest absolute Gasteiger partial charge is 0.391 e. The van der Waals surface area contributed by atoms with Gasteiger partial charge in [0.1, 0.15) is 0 Å². The summed E-state index contributed by atoms with van der Waals surface area (Å²) >= 11 is 0. The van der Waals surface area contributed by atoms with Gasteiger partial charge in [0.15, 0.2) is 0 Å². The first-order valence-electron chi connectivity index (χ1n) is 8.26. The molecule has 0 saturated heterocycles. The van der Waals surface area contributed by atoms with Crippen molar-refractivity contribution in [1.29, 1.82) is 0 Å². The molecule has 1 aromatic heterocycles. The molecule has 130 valence electrons. The van der Waals surface area contributed by atoms with Crippen LogP contribution in [0.5, 0.6) is 0 Å². The van der Waals surface area contributed by atoms with Gasteiger partial charge < -0.3 is 20.3 Å². The van der Waals surface area contributed by atoms with Crippen LogP contribution in [-0.4, -0.2) is 33.3 Å². The van der Waals surface area contributed by atoms with Crippen LogP contribution in [0.25, 0.3) is 0 Å². The lowest BCUT2D eigenvalue weighted by molar-refractivity contribution is 0.147. The summed E-state index contributed by atoms with van der Waals surface area (Å²) in [6.07, 6.45) is 5.65. The predicted molar refractivity (Wildman–Crippen MR) is 93.5 cm³/mol. The summed E-state index contributed by atoms with van der Waals surface area (Å²) in [5, 5.41) is 15.2. The fourth-order valence-electron chi connectivity index (χ4n) is 2.44. The van der Waals surface area contributed by atoms with E-state index in [0.717, 1.165) is 12.1 Å². The Morgan fingerprint density at radius 1 is 1.21 bits per heavy atom. The molecule has 0 spiro atoms. The zero-order valence-corrected chi connectivity index (χ0v) is 14.3. The number of carbonyl (C=O) groups is 1. The van der Waals surface area contributed by atoms with Gasteiger partial charge in [-0.05, 0) is 23.5 Å². The van der Waals surface area contributed by atoms with Crippen molar-refractivity contribution >= 4 is 6.03 Å². The number of hydrogen-bond acceptors (Lipinski definition) is 3. The Balaban J connectivity index is 1.70. The summed E-state index contributed by atoms with van der Waals surface area (Å²) in [7, 11) is 0. The maximum Gasteiger partial charge on any atom is 0.315 e. The molecule has 2 amide bonds. The van der Waals surface area contributed by atoms with E-state index in [0.29, 0.717) is 18.9 Å². The van der Waals surface area contributed by atoms with Gasteiger partial charge in [0.25, 0.3) is 0 Å². The van der Waals surface area contributed by atoms with Crippen molar-refractivity contribution in [3.8, 4) is 0 Å². The minimum atomic E-state index is -0.502. The minimum Gasteiger partial charge on any atom is -0.391 e. The number of aliphatic hydroxyl groups excluding tert-OH is 1. The minimum absolute atomic E-state index is 0.264. The highest BCUT2D eigenvalue weighted by Gasteiger charge is 2.08. The van der Waals surface area contributed by atoms with Gasteiger partial charge in [-0.2, -0.15) is 0 Å². The summed E-state index contributed by atoms with van der Waals surface area (Å²) < 4.78 is 2.00. The van der Waals surface area contributed by atoms with E-state index in [-0.39, 0.29) is 12.6 Å². The lowest BCUT2D eigenvalue weighted by atomic mass is 10.1. The number of nitrogens with zero attached hydrogens (tertiary/aromatic N) is 2. The van der Waals surface area contributed by atoms with Crippen molar-refractivity contribution in [1.82, 2.24) is 20.2 Å². The third kappa shape index (κ3) is 6.42. The Morgan fingerprint density at radius 3 is 2.54 bits per heavy atom.